The third kappa shape index (κ3) is 3.05. The van der Waals surface area contributed by atoms with Crippen LogP contribution in [0.4, 0.5) is 5.82 Å². The molecule has 0 bridgehead atoms. The molecule has 4 heterocycles. The van der Waals surface area contributed by atoms with Crippen LogP contribution in [0.1, 0.15) is 37.5 Å². The second-order valence-electron chi connectivity index (χ2n) is 6.77. The van der Waals surface area contributed by atoms with Crippen molar-refractivity contribution in [1.82, 2.24) is 29.3 Å². The molecule has 26 heavy (non-hydrogen) atoms. The van der Waals surface area contributed by atoms with E-state index in [2.05, 4.69) is 36.9 Å². The van der Waals surface area contributed by atoms with Crippen LogP contribution in [-0.4, -0.2) is 42.5 Å². The Balaban J connectivity index is 1.75. The first-order valence-corrected chi connectivity index (χ1v) is 9.19. The Labute approximate surface area is 152 Å². The van der Waals surface area contributed by atoms with Crippen LogP contribution in [-0.2, 0) is 18.3 Å². The fraction of sp³-hybridized carbons (Fsp3) is 0.556. The van der Waals surface area contributed by atoms with E-state index in [1.54, 1.807) is 4.68 Å². The normalized spacial score (nSPS) is 16.9. The van der Waals surface area contributed by atoms with Gasteiger partial charge in [-0.1, -0.05) is 0 Å². The smallest absolute Gasteiger partial charge is 0.163 e. The van der Waals surface area contributed by atoms with Crippen LogP contribution in [0.2, 0.25) is 0 Å². The molecule has 0 saturated carbocycles. The lowest BCUT2D eigenvalue weighted by Gasteiger charge is -2.31. The van der Waals surface area contributed by atoms with E-state index in [1.807, 2.05) is 32.6 Å². The van der Waals surface area contributed by atoms with Crippen LogP contribution in [0.5, 0.6) is 0 Å². The second-order valence-corrected chi connectivity index (χ2v) is 6.77. The van der Waals surface area contributed by atoms with Gasteiger partial charge in [-0.2, -0.15) is 5.10 Å². The highest BCUT2D eigenvalue weighted by atomic mass is 16.5. The van der Waals surface area contributed by atoms with E-state index in [1.165, 1.54) is 0 Å². The Kier molecular flexibility index (Phi) is 4.58. The van der Waals surface area contributed by atoms with Crippen molar-refractivity contribution in [1.29, 1.82) is 0 Å². The largest absolute Gasteiger partial charge is 0.381 e. The van der Waals surface area contributed by atoms with Crippen molar-refractivity contribution in [2.75, 3.05) is 18.5 Å². The van der Waals surface area contributed by atoms with E-state index in [0.29, 0.717) is 5.92 Å². The number of aryl methyl sites for hydroxylation is 3. The number of hydrogen-bond donors (Lipinski definition) is 1. The number of ether oxygens (including phenoxy) is 1. The zero-order valence-corrected chi connectivity index (χ0v) is 15.5. The monoisotopic (exact) mass is 355 g/mol. The van der Waals surface area contributed by atoms with Crippen molar-refractivity contribution in [3.05, 3.63) is 30.2 Å². The molecule has 1 unspecified atom stereocenters. The third-order valence-corrected chi connectivity index (χ3v) is 5.10. The lowest BCUT2D eigenvalue weighted by atomic mass is 9.91. The predicted octanol–water partition coefficient (Wildman–Crippen LogP) is 2.47. The fourth-order valence-electron chi connectivity index (χ4n) is 3.70. The molecule has 8 nitrogen and oxygen atoms in total. The van der Waals surface area contributed by atoms with Crippen molar-refractivity contribution in [2.24, 2.45) is 13.0 Å². The van der Waals surface area contributed by atoms with E-state index in [0.717, 1.165) is 61.1 Å². The van der Waals surface area contributed by atoms with Crippen LogP contribution in [0, 0.1) is 12.8 Å². The zero-order chi connectivity index (χ0) is 18.1. The van der Waals surface area contributed by atoms with Gasteiger partial charge in [-0.3, -0.25) is 4.68 Å². The molecule has 138 valence electrons. The summed E-state index contributed by atoms with van der Waals surface area (Å²) in [5.74, 6) is 3.04. The summed E-state index contributed by atoms with van der Waals surface area (Å²) >= 11 is 0. The van der Waals surface area contributed by atoms with Gasteiger partial charge in [0, 0.05) is 39.2 Å². The van der Waals surface area contributed by atoms with Crippen molar-refractivity contribution in [3.63, 3.8) is 0 Å². The molecule has 1 aliphatic rings. The molecular formula is C18H25N7O. The van der Waals surface area contributed by atoms with E-state index >= 15 is 0 Å². The molecular weight excluding hydrogens is 330 g/mol. The standard InChI is InChI=1S/C18H25N7O/c1-4-25-8-7-19-18(25)15(13-5-9-26-10-6-13)23-16-14-11-20-24(3)17(14)22-12(2)21-16/h7-8,11,13,15H,4-6,9-10H2,1-3H3,(H,21,22,23). The number of rotatable bonds is 5. The predicted molar refractivity (Wildman–Crippen MR) is 98.8 cm³/mol. The highest BCUT2D eigenvalue weighted by Crippen LogP contribution is 2.33. The van der Waals surface area contributed by atoms with Crippen molar-refractivity contribution in [3.8, 4) is 0 Å². The first-order chi connectivity index (χ1) is 12.7. The molecule has 1 aliphatic heterocycles. The van der Waals surface area contributed by atoms with Crippen LogP contribution >= 0.6 is 0 Å². The van der Waals surface area contributed by atoms with Gasteiger partial charge in [0.15, 0.2) is 5.65 Å². The van der Waals surface area contributed by atoms with Gasteiger partial charge in [-0.05, 0) is 32.6 Å². The van der Waals surface area contributed by atoms with Gasteiger partial charge in [0.25, 0.3) is 0 Å². The Morgan fingerprint density at radius 2 is 2.12 bits per heavy atom. The highest BCUT2D eigenvalue weighted by molar-refractivity contribution is 5.86. The Morgan fingerprint density at radius 1 is 1.31 bits per heavy atom. The third-order valence-electron chi connectivity index (χ3n) is 5.10. The Hall–Kier alpha value is -2.48. The minimum Gasteiger partial charge on any atom is -0.381 e. The maximum absolute atomic E-state index is 5.57. The summed E-state index contributed by atoms with van der Waals surface area (Å²) in [4.78, 5) is 13.9. The molecule has 3 aromatic rings. The highest BCUT2D eigenvalue weighted by Gasteiger charge is 2.29. The Morgan fingerprint density at radius 3 is 2.88 bits per heavy atom. The summed E-state index contributed by atoms with van der Waals surface area (Å²) in [6.07, 6.45) is 7.75. The molecule has 3 aromatic heterocycles. The number of aromatic nitrogens is 6. The summed E-state index contributed by atoms with van der Waals surface area (Å²) in [6, 6.07) is 0.0755. The lowest BCUT2D eigenvalue weighted by Crippen LogP contribution is -2.29. The number of nitrogens with zero attached hydrogens (tertiary/aromatic N) is 6. The lowest BCUT2D eigenvalue weighted by molar-refractivity contribution is 0.0593. The van der Waals surface area contributed by atoms with Gasteiger partial charge in [-0.25, -0.2) is 15.0 Å². The number of nitrogens with one attached hydrogen (secondary N) is 1. The van der Waals surface area contributed by atoms with Crippen molar-refractivity contribution < 1.29 is 4.74 Å². The second kappa shape index (κ2) is 7.03. The number of fused-ring (bicyclic) bond motifs is 1. The summed E-state index contributed by atoms with van der Waals surface area (Å²) in [5, 5.41) is 8.96. The summed E-state index contributed by atoms with van der Waals surface area (Å²) in [5.41, 5.74) is 0.838. The number of hydrogen-bond acceptors (Lipinski definition) is 6. The minimum absolute atomic E-state index is 0.0755. The quantitative estimate of drug-likeness (QED) is 0.757. The van der Waals surface area contributed by atoms with Crippen LogP contribution in [0.3, 0.4) is 0 Å². The molecule has 0 spiro atoms. The van der Waals surface area contributed by atoms with Gasteiger partial charge in [0.05, 0.1) is 17.6 Å². The number of anilines is 1. The Bertz CT molecular complexity index is 894. The van der Waals surface area contributed by atoms with Gasteiger partial charge in [0.1, 0.15) is 17.5 Å². The SMILES string of the molecule is CCn1ccnc1C(Nc1nc(C)nc2c1cnn2C)C1CCOCC1. The average Bonchev–Trinajstić information content (AvgIpc) is 3.27. The molecule has 1 fully saturated rings. The number of imidazole rings is 1. The minimum atomic E-state index is 0.0755. The fourth-order valence-corrected chi connectivity index (χ4v) is 3.70. The van der Waals surface area contributed by atoms with E-state index < -0.39 is 0 Å². The van der Waals surface area contributed by atoms with Gasteiger partial charge in [-0.15, -0.1) is 0 Å². The molecule has 1 atom stereocenters. The van der Waals surface area contributed by atoms with E-state index in [9.17, 15) is 0 Å². The zero-order valence-electron chi connectivity index (χ0n) is 15.5. The summed E-state index contributed by atoms with van der Waals surface area (Å²) in [7, 11) is 1.90. The molecule has 0 radical (unpaired) electrons. The first kappa shape index (κ1) is 17.0. The first-order valence-electron chi connectivity index (χ1n) is 9.19. The topological polar surface area (TPSA) is 82.7 Å². The maximum atomic E-state index is 5.57. The molecule has 8 heteroatoms. The molecule has 0 amide bonds. The molecule has 0 aromatic carbocycles. The van der Waals surface area contributed by atoms with Gasteiger partial charge >= 0.3 is 0 Å². The van der Waals surface area contributed by atoms with Gasteiger partial charge < -0.3 is 14.6 Å². The van der Waals surface area contributed by atoms with Crippen LogP contribution in [0.25, 0.3) is 11.0 Å². The maximum Gasteiger partial charge on any atom is 0.163 e. The van der Waals surface area contributed by atoms with Crippen molar-refractivity contribution in [2.45, 2.75) is 39.3 Å². The van der Waals surface area contributed by atoms with Gasteiger partial charge in [0.2, 0.25) is 0 Å². The summed E-state index contributed by atoms with van der Waals surface area (Å²) < 4.78 is 9.55. The van der Waals surface area contributed by atoms with Crippen LogP contribution < -0.4 is 5.32 Å². The summed E-state index contributed by atoms with van der Waals surface area (Å²) in [6.45, 7) is 6.53. The van der Waals surface area contributed by atoms with Crippen LogP contribution in [0.15, 0.2) is 18.6 Å². The van der Waals surface area contributed by atoms with Crippen molar-refractivity contribution >= 4 is 16.9 Å². The molecule has 1 N–H and O–H groups in total. The molecule has 0 aliphatic carbocycles. The average molecular weight is 355 g/mol. The van der Waals surface area contributed by atoms with E-state index in [-0.39, 0.29) is 6.04 Å². The molecule has 1 saturated heterocycles. The molecule has 4 rings (SSSR count). The van der Waals surface area contributed by atoms with E-state index in [4.69, 9.17) is 4.74 Å².